The van der Waals surface area contributed by atoms with Crippen molar-refractivity contribution in [3.8, 4) is 0 Å². The minimum Gasteiger partial charge on any atom is -0.391 e. The van der Waals surface area contributed by atoms with Gasteiger partial charge in [-0.3, -0.25) is 14.7 Å². The van der Waals surface area contributed by atoms with Gasteiger partial charge < -0.3 is 21.1 Å². The molecule has 1 amide bonds. The summed E-state index contributed by atoms with van der Waals surface area (Å²) in [6, 6.07) is 2.24. The second-order valence-electron chi connectivity index (χ2n) is 9.31. The molecule has 2 aromatic rings. The molecule has 9 nitrogen and oxygen atoms in total. The van der Waals surface area contributed by atoms with E-state index in [1.807, 2.05) is 0 Å². The number of amides is 1. The van der Waals surface area contributed by atoms with Gasteiger partial charge in [0.25, 0.3) is 0 Å². The Morgan fingerprint density at radius 3 is 2.58 bits per heavy atom. The predicted molar refractivity (Wildman–Crippen MR) is 123 cm³/mol. The van der Waals surface area contributed by atoms with Crippen molar-refractivity contribution >= 4 is 17.5 Å². The van der Waals surface area contributed by atoms with Crippen LogP contribution in [0.1, 0.15) is 36.9 Å². The summed E-state index contributed by atoms with van der Waals surface area (Å²) >= 11 is 0. The molecule has 0 radical (unpaired) electrons. The molecule has 4 N–H and O–H groups in total. The number of hydrogen-bond donors (Lipinski definition) is 3. The average Bonchev–Trinajstić information content (AvgIpc) is 2.77. The molecule has 4 rings (SSSR count). The topological polar surface area (TPSA) is 120 Å². The number of anilines is 2. The average molecular weight is 512 g/mol. The summed E-state index contributed by atoms with van der Waals surface area (Å²) in [5, 5.41) is 13.4. The molecule has 2 aliphatic rings. The zero-order valence-electron chi connectivity index (χ0n) is 19.6. The van der Waals surface area contributed by atoms with Crippen LogP contribution in [0.5, 0.6) is 0 Å². The SMILES string of the molecule is NC(=O)CN1CC[C@@H](CNc2ncnc(N(Cc3ccc(C(F)(F)F)cn3)C3CCC3)c2F)[C@H](O)C1. The van der Waals surface area contributed by atoms with Crippen LogP contribution < -0.4 is 16.0 Å². The Morgan fingerprint density at radius 1 is 1.22 bits per heavy atom. The van der Waals surface area contributed by atoms with Gasteiger partial charge in [0.1, 0.15) is 6.33 Å². The fourth-order valence-corrected chi connectivity index (χ4v) is 4.50. The zero-order valence-corrected chi connectivity index (χ0v) is 19.6. The van der Waals surface area contributed by atoms with E-state index >= 15 is 4.39 Å². The van der Waals surface area contributed by atoms with E-state index in [2.05, 4.69) is 20.3 Å². The number of primary amides is 1. The molecule has 1 saturated heterocycles. The Balaban J connectivity index is 1.45. The summed E-state index contributed by atoms with van der Waals surface area (Å²) in [6.45, 7) is 1.32. The summed E-state index contributed by atoms with van der Waals surface area (Å²) < 4.78 is 54.1. The Bertz CT molecular complexity index is 1050. The van der Waals surface area contributed by atoms with Gasteiger partial charge in [0, 0.05) is 31.2 Å². The second-order valence-corrected chi connectivity index (χ2v) is 9.31. The minimum atomic E-state index is -4.48. The normalized spacial score (nSPS) is 21.1. The van der Waals surface area contributed by atoms with Crippen LogP contribution in [-0.4, -0.2) is 69.2 Å². The molecule has 1 saturated carbocycles. The highest BCUT2D eigenvalue weighted by atomic mass is 19.4. The van der Waals surface area contributed by atoms with Crippen molar-refractivity contribution in [1.82, 2.24) is 19.9 Å². The molecule has 0 aromatic carbocycles. The number of nitrogens with zero attached hydrogens (tertiary/aromatic N) is 5. The highest BCUT2D eigenvalue weighted by Gasteiger charge is 2.33. The third kappa shape index (κ3) is 6.19. The number of pyridine rings is 1. The summed E-state index contributed by atoms with van der Waals surface area (Å²) in [5.74, 6) is -1.27. The quantitative estimate of drug-likeness (QED) is 0.438. The lowest BCUT2D eigenvalue weighted by Gasteiger charge is -2.38. The number of hydrogen-bond acceptors (Lipinski definition) is 8. The summed E-state index contributed by atoms with van der Waals surface area (Å²) in [4.78, 5) is 26.7. The van der Waals surface area contributed by atoms with Gasteiger partial charge in [0.2, 0.25) is 11.7 Å². The lowest BCUT2D eigenvalue weighted by molar-refractivity contribution is -0.137. The number of carbonyl (C=O) groups is 1. The number of carbonyl (C=O) groups excluding carboxylic acids is 1. The zero-order chi connectivity index (χ0) is 25.9. The lowest BCUT2D eigenvalue weighted by Crippen LogP contribution is -2.48. The molecule has 0 bridgehead atoms. The van der Waals surface area contributed by atoms with Crippen LogP contribution in [0, 0.1) is 11.7 Å². The first-order valence-corrected chi connectivity index (χ1v) is 11.8. The first-order valence-electron chi connectivity index (χ1n) is 11.8. The number of nitrogens with two attached hydrogens (primary N) is 1. The van der Waals surface area contributed by atoms with Gasteiger partial charge in [-0.2, -0.15) is 17.6 Å². The highest BCUT2D eigenvalue weighted by molar-refractivity contribution is 5.75. The Labute approximate surface area is 205 Å². The standard InChI is InChI=1S/C23H29F4N7O2/c24-20-21(30-8-14-6-7-33(11-18(14)35)12-19(28)36)31-13-32-22(20)34(17-2-1-3-17)10-16-5-4-15(9-29-16)23(25,26)27/h4-5,9,13-14,17-18,35H,1-3,6-8,10-12H2,(H2,28,36)(H,30,31,32)/t14-,18+/m0/s1. The van der Waals surface area contributed by atoms with Crippen LogP contribution in [0.4, 0.5) is 29.2 Å². The molecule has 1 aliphatic heterocycles. The number of aromatic nitrogens is 3. The third-order valence-electron chi connectivity index (χ3n) is 6.76. The molecule has 2 fully saturated rings. The molecule has 36 heavy (non-hydrogen) atoms. The lowest BCUT2D eigenvalue weighted by atomic mass is 9.91. The van der Waals surface area contributed by atoms with Crippen molar-refractivity contribution in [3.63, 3.8) is 0 Å². The number of alkyl halides is 3. The van der Waals surface area contributed by atoms with Crippen LogP contribution in [0.15, 0.2) is 24.7 Å². The van der Waals surface area contributed by atoms with Gasteiger partial charge in [-0.05, 0) is 44.4 Å². The summed E-state index contributed by atoms with van der Waals surface area (Å²) in [6.07, 6.45) is -0.0141. The first kappa shape index (κ1) is 26.0. The third-order valence-corrected chi connectivity index (χ3v) is 6.76. The van der Waals surface area contributed by atoms with E-state index in [1.165, 1.54) is 12.4 Å². The first-order chi connectivity index (χ1) is 17.1. The van der Waals surface area contributed by atoms with Gasteiger partial charge in [0.15, 0.2) is 11.6 Å². The number of β-amino-alcohol motifs (C(OH)–C–C–N with tert-alkyl or cyclic N) is 1. The van der Waals surface area contributed by atoms with Crippen molar-refractivity contribution in [1.29, 1.82) is 0 Å². The van der Waals surface area contributed by atoms with E-state index in [-0.39, 0.29) is 43.2 Å². The number of nitrogens with one attached hydrogen (secondary N) is 1. The number of aliphatic hydroxyl groups excluding tert-OH is 1. The van der Waals surface area contributed by atoms with Crippen LogP contribution in [0.3, 0.4) is 0 Å². The largest absolute Gasteiger partial charge is 0.417 e. The van der Waals surface area contributed by atoms with Gasteiger partial charge in [0.05, 0.1) is 30.5 Å². The Hall–Kier alpha value is -3.06. The van der Waals surface area contributed by atoms with Crippen LogP contribution in [-0.2, 0) is 17.5 Å². The Morgan fingerprint density at radius 2 is 2.00 bits per heavy atom. The van der Waals surface area contributed by atoms with E-state index < -0.39 is 29.6 Å². The van der Waals surface area contributed by atoms with E-state index in [4.69, 9.17) is 5.73 Å². The number of piperidine rings is 1. The van der Waals surface area contributed by atoms with Crippen molar-refractivity contribution in [3.05, 3.63) is 41.7 Å². The number of rotatable bonds is 9. The maximum absolute atomic E-state index is 15.5. The smallest absolute Gasteiger partial charge is 0.391 e. The summed E-state index contributed by atoms with van der Waals surface area (Å²) in [5.41, 5.74) is 4.74. The molecule has 1 aliphatic carbocycles. The van der Waals surface area contributed by atoms with E-state index in [9.17, 15) is 23.1 Å². The minimum absolute atomic E-state index is 0.0113. The molecule has 2 aromatic heterocycles. The highest BCUT2D eigenvalue weighted by Crippen LogP contribution is 2.33. The molecular formula is C23H29F4N7O2. The van der Waals surface area contributed by atoms with Gasteiger partial charge in [-0.15, -0.1) is 0 Å². The number of halogens is 4. The number of aliphatic hydroxyl groups is 1. The molecular weight excluding hydrogens is 482 g/mol. The van der Waals surface area contributed by atoms with Gasteiger partial charge in [-0.25, -0.2) is 9.97 Å². The van der Waals surface area contributed by atoms with Crippen molar-refractivity contribution < 1.29 is 27.5 Å². The van der Waals surface area contributed by atoms with E-state index in [0.29, 0.717) is 25.2 Å². The van der Waals surface area contributed by atoms with Crippen molar-refractivity contribution in [2.45, 2.75) is 50.6 Å². The molecule has 3 heterocycles. The van der Waals surface area contributed by atoms with Crippen LogP contribution >= 0.6 is 0 Å². The fourth-order valence-electron chi connectivity index (χ4n) is 4.50. The second kappa shape index (κ2) is 10.9. The summed E-state index contributed by atoms with van der Waals surface area (Å²) in [7, 11) is 0. The Kier molecular flexibility index (Phi) is 7.88. The molecule has 2 atom stereocenters. The molecule has 0 unspecified atom stereocenters. The van der Waals surface area contributed by atoms with Gasteiger partial charge >= 0.3 is 6.18 Å². The van der Waals surface area contributed by atoms with E-state index in [0.717, 1.165) is 31.5 Å². The van der Waals surface area contributed by atoms with Crippen molar-refractivity contribution in [2.24, 2.45) is 11.7 Å². The predicted octanol–water partition coefficient (Wildman–Crippen LogP) is 2.17. The molecule has 196 valence electrons. The van der Waals surface area contributed by atoms with Gasteiger partial charge in [-0.1, -0.05) is 0 Å². The fraction of sp³-hybridized carbons (Fsp3) is 0.565. The monoisotopic (exact) mass is 511 g/mol. The molecule has 0 spiro atoms. The maximum Gasteiger partial charge on any atom is 0.417 e. The maximum atomic E-state index is 15.5. The van der Waals surface area contributed by atoms with Crippen LogP contribution in [0.2, 0.25) is 0 Å². The van der Waals surface area contributed by atoms with Crippen molar-refractivity contribution in [2.75, 3.05) is 36.4 Å². The number of likely N-dealkylation sites (tertiary alicyclic amines) is 1. The van der Waals surface area contributed by atoms with E-state index in [1.54, 1.807) is 9.80 Å². The molecule has 13 heteroatoms. The van der Waals surface area contributed by atoms with Crippen LogP contribution in [0.25, 0.3) is 0 Å².